The molecule has 3 aromatic carbocycles. The zero-order chi connectivity index (χ0) is 29.5. The summed E-state index contributed by atoms with van der Waals surface area (Å²) in [5.41, 5.74) is 3.68. The van der Waals surface area contributed by atoms with E-state index in [1.807, 2.05) is 97.1 Å². The van der Waals surface area contributed by atoms with E-state index in [-0.39, 0.29) is 18.6 Å². The number of nitrogens with one attached hydrogen (secondary N) is 1. The molecule has 1 fully saturated rings. The molecule has 42 heavy (non-hydrogen) atoms. The Kier molecular flexibility index (Phi) is 9.17. The van der Waals surface area contributed by atoms with Crippen LogP contribution in [0.1, 0.15) is 23.1 Å². The Morgan fingerprint density at radius 3 is 2.24 bits per heavy atom. The highest BCUT2D eigenvalue weighted by molar-refractivity contribution is 5.87. The number of hydrogen-bond donors (Lipinski definition) is 1. The van der Waals surface area contributed by atoms with Gasteiger partial charge >= 0.3 is 11.9 Å². The lowest BCUT2D eigenvalue weighted by atomic mass is 9.72. The number of hydrogen-bond acceptors (Lipinski definition) is 8. The molecule has 5 rings (SSSR count). The zero-order valence-electron chi connectivity index (χ0n) is 24.1. The lowest BCUT2D eigenvalue weighted by Crippen LogP contribution is -2.44. The van der Waals surface area contributed by atoms with Gasteiger partial charge in [-0.1, -0.05) is 84.9 Å². The summed E-state index contributed by atoms with van der Waals surface area (Å²) < 4.78 is 21.9. The molecular weight excluding hydrogens is 532 g/mol. The minimum atomic E-state index is -0.793. The summed E-state index contributed by atoms with van der Waals surface area (Å²) in [5.74, 6) is -0.814. The van der Waals surface area contributed by atoms with Crippen LogP contribution in [0.3, 0.4) is 0 Å². The van der Waals surface area contributed by atoms with Crippen molar-refractivity contribution in [3.8, 4) is 0 Å². The standard InChI is InChI=1S/C34H36N2O6/c1-39-31(37)20-29-34(26-16-10-11-17-27(26)35-29)21-28(33(38)42-23-25-14-8-5-9-15-25)36(22-24-12-6-4-7-13-24)30(34)18-19-32(40-2)41-3/h4-20,28,30,32,35H,21-23H2,1-3H3/b19-18+,29-20-/t28-,30-,34+/m0/s1. The number of carbonyl (C=O) groups excluding carboxylic acids is 2. The van der Waals surface area contributed by atoms with Gasteiger partial charge in [0.15, 0.2) is 6.29 Å². The number of fused-ring (bicyclic) bond motifs is 2. The number of benzene rings is 3. The highest BCUT2D eigenvalue weighted by atomic mass is 16.7. The molecule has 8 nitrogen and oxygen atoms in total. The van der Waals surface area contributed by atoms with Crippen LogP contribution in [0.4, 0.5) is 5.69 Å². The number of nitrogens with zero attached hydrogens (tertiary/aromatic N) is 1. The van der Waals surface area contributed by atoms with Gasteiger partial charge in [0, 0.05) is 44.3 Å². The summed E-state index contributed by atoms with van der Waals surface area (Å²) in [4.78, 5) is 28.8. The number of esters is 2. The van der Waals surface area contributed by atoms with Crippen LogP contribution >= 0.6 is 0 Å². The van der Waals surface area contributed by atoms with Crippen molar-refractivity contribution in [3.63, 3.8) is 0 Å². The second kappa shape index (κ2) is 13.2. The molecule has 3 atom stereocenters. The Morgan fingerprint density at radius 2 is 1.57 bits per heavy atom. The maximum atomic E-state index is 14.0. The van der Waals surface area contributed by atoms with Crippen molar-refractivity contribution >= 4 is 17.6 Å². The number of para-hydroxylation sites is 1. The van der Waals surface area contributed by atoms with Gasteiger partial charge in [-0.15, -0.1) is 0 Å². The van der Waals surface area contributed by atoms with Crippen LogP contribution in [-0.2, 0) is 47.1 Å². The second-order valence-electron chi connectivity index (χ2n) is 10.4. The summed E-state index contributed by atoms with van der Waals surface area (Å²) in [6, 6.07) is 26.6. The van der Waals surface area contributed by atoms with Gasteiger partial charge in [-0.25, -0.2) is 4.79 Å². The summed E-state index contributed by atoms with van der Waals surface area (Å²) in [7, 11) is 4.50. The first-order valence-corrected chi connectivity index (χ1v) is 13.9. The van der Waals surface area contributed by atoms with E-state index in [4.69, 9.17) is 18.9 Å². The van der Waals surface area contributed by atoms with Gasteiger partial charge in [0.2, 0.25) is 0 Å². The average Bonchev–Trinajstić information content (AvgIpc) is 3.52. The fourth-order valence-electron chi connectivity index (χ4n) is 6.05. The summed E-state index contributed by atoms with van der Waals surface area (Å²) >= 11 is 0. The van der Waals surface area contributed by atoms with Gasteiger partial charge in [-0.05, 0) is 35.3 Å². The Balaban J connectivity index is 1.64. The highest BCUT2D eigenvalue weighted by Gasteiger charge is 2.59. The quantitative estimate of drug-likeness (QED) is 0.159. The monoisotopic (exact) mass is 568 g/mol. The Labute approximate surface area is 246 Å². The molecule has 1 spiro atoms. The SMILES string of the molecule is COC(=O)/C=C1\Nc2ccccc2[C@]12C[C@@H](C(=O)OCc1ccccc1)N(Cc1ccccc1)[C@H]2/C=C/C(OC)OC. The highest BCUT2D eigenvalue weighted by Crippen LogP contribution is 2.55. The van der Waals surface area contributed by atoms with Crippen LogP contribution in [0.25, 0.3) is 0 Å². The van der Waals surface area contributed by atoms with Gasteiger partial charge in [-0.3, -0.25) is 9.69 Å². The molecule has 0 aromatic heterocycles. The van der Waals surface area contributed by atoms with Crippen molar-refractivity contribution in [3.05, 3.63) is 126 Å². The number of rotatable bonds is 10. The average molecular weight is 569 g/mol. The zero-order valence-corrected chi connectivity index (χ0v) is 24.1. The molecule has 0 aliphatic carbocycles. The van der Waals surface area contributed by atoms with Crippen molar-refractivity contribution in [1.82, 2.24) is 4.90 Å². The fraction of sp³-hybridized carbons (Fsp3) is 0.294. The van der Waals surface area contributed by atoms with E-state index in [2.05, 4.69) is 10.2 Å². The first-order chi connectivity index (χ1) is 20.5. The molecular formula is C34H36N2O6. The Bertz CT molecular complexity index is 1440. The van der Waals surface area contributed by atoms with E-state index in [0.717, 1.165) is 22.4 Å². The molecule has 2 aliphatic rings. The third-order valence-electron chi connectivity index (χ3n) is 8.02. The van der Waals surface area contributed by atoms with E-state index >= 15 is 0 Å². The molecule has 2 heterocycles. The molecule has 218 valence electrons. The Morgan fingerprint density at radius 1 is 0.929 bits per heavy atom. The smallest absolute Gasteiger partial charge is 0.332 e. The van der Waals surface area contributed by atoms with Gasteiger partial charge in [0.25, 0.3) is 0 Å². The summed E-state index contributed by atoms with van der Waals surface area (Å²) in [5, 5.41) is 3.46. The van der Waals surface area contributed by atoms with Crippen molar-refractivity contribution in [2.45, 2.75) is 43.4 Å². The largest absolute Gasteiger partial charge is 0.466 e. The molecule has 0 saturated carbocycles. The van der Waals surface area contributed by atoms with Gasteiger partial charge < -0.3 is 24.3 Å². The molecule has 0 bridgehead atoms. The number of methoxy groups -OCH3 is 3. The van der Waals surface area contributed by atoms with E-state index in [9.17, 15) is 9.59 Å². The van der Waals surface area contributed by atoms with E-state index < -0.39 is 23.7 Å². The third-order valence-corrected chi connectivity index (χ3v) is 8.02. The first kappa shape index (κ1) is 29.3. The lowest BCUT2D eigenvalue weighted by Gasteiger charge is -2.35. The van der Waals surface area contributed by atoms with Gasteiger partial charge in [-0.2, -0.15) is 0 Å². The second-order valence-corrected chi connectivity index (χ2v) is 10.4. The number of likely N-dealkylation sites (tertiary alicyclic amines) is 1. The number of ether oxygens (including phenoxy) is 4. The van der Waals surface area contributed by atoms with Crippen molar-refractivity contribution in [2.75, 3.05) is 26.6 Å². The summed E-state index contributed by atoms with van der Waals surface area (Å²) in [6.07, 6.45) is 5.13. The van der Waals surface area contributed by atoms with Crippen molar-refractivity contribution in [2.24, 2.45) is 0 Å². The van der Waals surface area contributed by atoms with Crippen LogP contribution in [-0.4, -0.2) is 56.5 Å². The van der Waals surface area contributed by atoms with Crippen LogP contribution in [0.15, 0.2) is 109 Å². The molecule has 0 unspecified atom stereocenters. The normalized spacial score (nSPS) is 22.5. The number of carbonyl (C=O) groups is 2. The molecule has 0 radical (unpaired) electrons. The predicted octanol–water partition coefficient (Wildman–Crippen LogP) is 4.97. The molecule has 1 saturated heterocycles. The first-order valence-electron chi connectivity index (χ1n) is 13.9. The topological polar surface area (TPSA) is 86.3 Å². The molecule has 8 heteroatoms. The predicted molar refractivity (Wildman–Crippen MR) is 159 cm³/mol. The molecule has 2 aliphatic heterocycles. The van der Waals surface area contributed by atoms with Crippen LogP contribution in [0, 0.1) is 0 Å². The van der Waals surface area contributed by atoms with E-state index in [1.165, 1.54) is 13.2 Å². The summed E-state index contributed by atoms with van der Waals surface area (Å²) in [6.45, 7) is 0.638. The molecule has 0 amide bonds. The molecule has 3 aromatic rings. The third kappa shape index (κ3) is 5.87. The van der Waals surface area contributed by atoms with Crippen LogP contribution < -0.4 is 5.32 Å². The fourth-order valence-corrected chi connectivity index (χ4v) is 6.05. The van der Waals surface area contributed by atoms with Gasteiger partial charge in [0.1, 0.15) is 12.6 Å². The Hall–Kier alpha value is -4.24. The van der Waals surface area contributed by atoms with Crippen LogP contribution in [0.2, 0.25) is 0 Å². The van der Waals surface area contributed by atoms with Crippen LogP contribution in [0.5, 0.6) is 0 Å². The minimum Gasteiger partial charge on any atom is -0.466 e. The van der Waals surface area contributed by atoms with E-state index in [1.54, 1.807) is 14.2 Å². The minimum absolute atomic E-state index is 0.165. The van der Waals surface area contributed by atoms with Gasteiger partial charge in [0.05, 0.1) is 12.5 Å². The van der Waals surface area contributed by atoms with E-state index in [0.29, 0.717) is 18.7 Å². The number of anilines is 1. The molecule has 1 N–H and O–H groups in total. The van der Waals surface area contributed by atoms with Crippen molar-refractivity contribution < 1.29 is 28.5 Å². The van der Waals surface area contributed by atoms with Crippen molar-refractivity contribution in [1.29, 1.82) is 0 Å². The lowest BCUT2D eigenvalue weighted by molar-refractivity contribution is -0.150. The maximum absolute atomic E-state index is 14.0. The maximum Gasteiger partial charge on any atom is 0.332 e.